The Bertz CT molecular complexity index is 3510. The number of nitrogens with zero attached hydrogens (tertiary/aromatic N) is 3. The number of imide groups is 1. The number of alkyl halides is 2. The second kappa shape index (κ2) is 28.1. The molecule has 0 saturated carbocycles. The maximum atomic E-state index is 15.9. The molecule has 4 aromatic carbocycles. The zero-order valence-corrected chi connectivity index (χ0v) is 49.9. The monoisotopic (exact) mass is 1230 g/mol. The number of rotatable bonds is 23. The van der Waals surface area contributed by atoms with Gasteiger partial charge < -0.3 is 45.4 Å². The van der Waals surface area contributed by atoms with Crippen LogP contribution in [-0.2, 0) is 59.4 Å². The van der Waals surface area contributed by atoms with Crippen LogP contribution in [0.1, 0.15) is 145 Å². The van der Waals surface area contributed by atoms with Crippen molar-refractivity contribution in [3.63, 3.8) is 0 Å². The second-order valence-corrected chi connectivity index (χ2v) is 25.0. The Morgan fingerprint density at radius 3 is 2.23 bits per heavy atom. The molecule has 3 fully saturated rings. The molecule has 5 atom stereocenters. The molecule has 0 bridgehead atoms. The number of hydrogen-bond donors (Lipinski definition) is 5. The van der Waals surface area contributed by atoms with Gasteiger partial charge in [-0.1, -0.05) is 91.1 Å². The average molecular weight is 1230 g/mol. The van der Waals surface area contributed by atoms with E-state index in [2.05, 4.69) is 33.1 Å². The zero-order chi connectivity index (χ0) is 62.0. The molecule has 4 aliphatic rings. The van der Waals surface area contributed by atoms with Crippen LogP contribution >= 0.6 is 18.9 Å². The van der Waals surface area contributed by atoms with E-state index in [4.69, 9.17) is 14.8 Å². The molecule has 3 saturated heterocycles. The number of unbranched alkanes of at least 4 members (excludes halogenated alkanes) is 3. The van der Waals surface area contributed by atoms with Crippen LogP contribution in [0.3, 0.4) is 0 Å². The Hall–Kier alpha value is -8.16. The standard InChI is InChI=1S/C63H69F2N8O12PS/c1-3-84-86(83,85-4-2)63(64,65)43-25-30-51-42(35-43)36-52(87-51)60(80)68-48-38-71(55(76)24-15-7-5-6-10-17-39-22-16-23-45-46(39)37-72(61(45)81)49-29-32-54(75)69-58(49)78)34-33-44-26-28-50(73(44)62(48)82)59(79)67-47(27-31-53(66)74)57(77)70-56(40-18-11-8-12-19-40)41-20-13-9-14-21-41/h8-9,11-14,16,18-23,25,30,35-36,44,47-50,56H,3-7,15,24,26-29,31-34,37-38H2,1-2H3,(H2,66,74)(H,67,79)(H,68,80)(H,70,77)(H,69,75,78)/t44-,47+,48+,49?,50+/m1/s1. The molecule has 1 unspecified atom stereocenters. The number of carbonyl (C=O) groups is 9. The molecule has 87 heavy (non-hydrogen) atoms. The summed E-state index contributed by atoms with van der Waals surface area (Å²) in [5.74, 6) is 1.48. The van der Waals surface area contributed by atoms with Gasteiger partial charge in [-0.2, -0.15) is 8.78 Å². The number of benzene rings is 4. The number of halogens is 2. The zero-order valence-electron chi connectivity index (χ0n) is 48.2. The maximum Gasteiger partial charge on any atom is 0.404 e. The van der Waals surface area contributed by atoms with E-state index < -0.39 is 90.5 Å². The van der Waals surface area contributed by atoms with Gasteiger partial charge in [-0.05, 0) is 111 Å². The quantitative estimate of drug-likeness (QED) is 0.0186. The summed E-state index contributed by atoms with van der Waals surface area (Å²) >= 11 is 0.953. The van der Waals surface area contributed by atoms with Crippen molar-refractivity contribution in [1.82, 2.24) is 36.0 Å². The summed E-state index contributed by atoms with van der Waals surface area (Å²) in [6, 6.07) is 22.7. The first kappa shape index (κ1) is 63.3. The fourth-order valence-corrected chi connectivity index (χ4v) is 14.1. The average Bonchev–Trinajstić information content (AvgIpc) is 1.91. The molecule has 4 aliphatic heterocycles. The first-order valence-corrected chi connectivity index (χ1v) is 31.6. The normalized spacial score (nSPS) is 19.1. The van der Waals surface area contributed by atoms with Gasteiger partial charge in [0.25, 0.3) is 11.8 Å². The summed E-state index contributed by atoms with van der Waals surface area (Å²) in [5.41, 5.74) is 4.19. The Morgan fingerprint density at radius 2 is 1.55 bits per heavy atom. The second-order valence-electron chi connectivity index (χ2n) is 21.8. The largest absolute Gasteiger partial charge is 0.404 e. The number of carbonyl (C=O) groups excluding carboxylic acids is 9. The fraction of sp³-hybridized carbons (Fsp3) is 0.413. The summed E-state index contributed by atoms with van der Waals surface area (Å²) < 4.78 is 55.5. The first-order valence-electron chi connectivity index (χ1n) is 29.3. The molecule has 5 heterocycles. The molecule has 458 valence electrons. The van der Waals surface area contributed by atoms with E-state index in [0.29, 0.717) is 53.5 Å². The predicted octanol–water partition coefficient (Wildman–Crippen LogP) is 7.33. The minimum absolute atomic E-state index is 0.0262. The van der Waals surface area contributed by atoms with E-state index in [1.54, 1.807) is 12.1 Å². The third kappa shape index (κ3) is 14.5. The molecule has 9 amide bonds. The third-order valence-electron chi connectivity index (χ3n) is 16.0. The van der Waals surface area contributed by atoms with Gasteiger partial charge in [0, 0.05) is 72.7 Å². The van der Waals surface area contributed by atoms with Crippen molar-refractivity contribution >= 4 is 82.2 Å². The summed E-state index contributed by atoms with van der Waals surface area (Å²) in [6.07, 6.45) is 3.03. The van der Waals surface area contributed by atoms with Crippen LogP contribution in [0.25, 0.3) is 10.1 Å². The lowest BCUT2D eigenvalue weighted by Gasteiger charge is -2.39. The molecule has 0 radical (unpaired) electrons. The highest BCUT2D eigenvalue weighted by molar-refractivity contribution is 7.54. The van der Waals surface area contributed by atoms with Gasteiger partial charge in [0.1, 0.15) is 24.2 Å². The molecule has 20 nitrogen and oxygen atoms in total. The van der Waals surface area contributed by atoms with E-state index in [1.165, 1.54) is 40.7 Å². The molecule has 24 heteroatoms. The van der Waals surface area contributed by atoms with Crippen LogP contribution in [0.15, 0.2) is 103 Å². The summed E-state index contributed by atoms with van der Waals surface area (Å²) in [5, 5.41) is 11.2. The molecule has 6 N–H and O–H groups in total. The van der Waals surface area contributed by atoms with Gasteiger partial charge >= 0.3 is 13.3 Å². The van der Waals surface area contributed by atoms with Crippen LogP contribution in [0, 0.1) is 11.8 Å². The molecular weight excluding hydrogens is 1160 g/mol. The minimum Gasteiger partial charge on any atom is -0.370 e. The van der Waals surface area contributed by atoms with Crippen molar-refractivity contribution in [3.8, 4) is 11.8 Å². The van der Waals surface area contributed by atoms with Gasteiger partial charge in [0.05, 0.1) is 24.1 Å². The highest BCUT2D eigenvalue weighted by atomic mass is 32.1. The van der Waals surface area contributed by atoms with E-state index in [-0.39, 0.29) is 106 Å². The lowest BCUT2D eigenvalue weighted by Crippen LogP contribution is -2.62. The lowest BCUT2D eigenvalue weighted by molar-refractivity contribution is -0.145. The predicted molar refractivity (Wildman–Crippen MR) is 318 cm³/mol. The number of amides is 9. The summed E-state index contributed by atoms with van der Waals surface area (Å²) in [6.45, 7) is 2.28. The number of hydrogen-bond acceptors (Lipinski definition) is 13. The van der Waals surface area contributed by atoms with Crippen molar-refractivity contribution in [2.24, 2.45) is 5.73 Å². The molecule has 5 aromatic rings. The van der Waals surface area contributed by atoms with Crippen molar-refractivity contribution < 1.29 is 65.5 Å². The number of primary amides is 1. The molecule has 9 rings (SSSR count). The van der Waals surface area contributed by atoms with Crippen LogP contribution in [0.2, 0.25) is 0 Å². The Morgan fingerprint density at radius 1 is 0.839 bits per heavy atom. The minimum atomic E-state index is -4.98. The van der Waals surface area contributed by atoms with Gasteiger partial charge in [-0.3, -0.25) is 53.0 Å². The maximum absolute atomic E-state index is 15.9. The van der Waals surface area contributed by atoms with Gasteiger partial charge in [0.15, 0.2) is 0 Å². The Balaban J connectivity index is 0.902. The highest BCUT2D eigenvalue weighted by Crippen LogP contribution is 2.67. The molecule has 0 spiro atoms. The van der Waals surface area contributed by atoms with Crippen molar-refractivity contribution in [1.29, 1.82) is 0 Å². The van der Waals surface area contributed by atoms with Crippen molar-refractivity contribution in [3.05, 3.63) is 141 Å². The topological polar surface area (TPSA) is 273 Å². The smallest absolute Gasteiger partial charge is 0.370 e. The first-order chi connectivity index (χ1) is 41.8. The highest BCUT2D eigenvalue weighted by Gasteiger charge is 2.55. The van der Waals surface area contributed by atoms with E-state index in [9.17, 15) is 42.9 Å². The third-order valence-corrected chi connectivity index (χ3v) is 19.3. The molecular formula is C63H69F2N8O12PS. The number of nitrogens with one attached hydrogen (secondary N) is 4. The van der Waals surface area contributed by atoms with Gasteiger partial charge in [0.2, 0.25) is 41.4 Å². The summed E-state index contributed by atoms with van der Waals surface area (Å²) in [7, 11) is -4.98. The molecule has 1 aromatic heterocycles. The Labute approximate surface area is 506 Å². The van der Waals surface area contributed by atoms with Crippen LogP contribution in [0.5, 0.6) is 0 Å². The SMILES string of the molecule is CCOP(=O)(OCC)C(F)(F)c1ccc2sc(C(=O)N[C@H]3CN(C(=O)CCCCCC#Cc4cccc5c4CN(C4CCC(=O)NC4=O)C5=O)CC[C@H]4CC[C@@H](C(=O)N[C@@H](CCC(N)=O)C(=O)NC(c5ccccc5)c5ccccc5)N4C3=O)cc2c1. The van der Waals surface area contributed by atoms with Crippen LogP contribution in [0.4, 0.5) is 8.78 Å². The van der Waals surface area contributed by atoms with E-state index >= 15 is 13.6 Å². The number of fused-ring (bicyclic) bond motifs is 3. The van der Waals surface area contributed by atoms with Gasteiger partial charge in [-0.25, -0.2) is 0 Å². The lowest BCUT2D eigenvalue weighted by atomic mass is 9.98. The van der Waals surface area contributed by atoms with Crippen LogP contribution in [-0.4, -0.2) is 124 Å². The number of nitrogens with two attached hydrogens (primary N) is 1. The van der Waals surface area contributed by atoms with Crippen molar-refractivity contribution in [2.45, 2.75) is 139 Å². The number of thiophene rings is 1. The number of piperidine rings is 1. The summed E-state index contributed by atoms with van der Waals surface area (Å²) in [4.78, 5) is 127. The van der Waals surface area contributed by atoms with E-state index in [1.807, 2.05) is 66.7 Å². The fourth-order valence-electron chi connectivity index (χ4n) is 11.6. The Kier molecular flexibility index (Phi) is 20.5. The van der Waals surface area contributed by atoms with Crippen molar-refractivity contribution in [2.75, 3.05) is 26.3 Å². The molecule has 0 aliphatic carbocycles. The van der Waals surface area contributed by atoms with E-state index in [0.717, 1.165) is 34.6 Å². The van der Waals surface area contributed by atoms with Gasteiger partial charge in [-0.15, -0.1) is 11.3 Å². The van der Waals surface area contributed by atoms with Crippen LogP contribution < -0.4 is 27.0 Å².